The number of rotatable bonds is 2. The van der Waals surface area contributed by atoms with Crippen molar-refractivity contribution in [2.45, 2.75) is 6.92 Å². The first kappa shape index (κ1) is 11.6. The quantitative estimate of drug-likeness (QED) is 0.766. The van der Waals surface area contributed by atoms with Gasteiger partial charge >= 0.3 is 0 Å². The second-order valence-corrected chi connectivity index (χ2v) is 4.52. The fourth-order valence-corrected chi connectivity index (χ4v) is 2.40. The van der Waals surface area contributed by atoms with Crippen LogP contribution in [0.3, 0.4) is 0 Å². The van der Waals surface area contributed by atoms with E-state index in [-0.39, 0.29) is 0 Å². The minimum absolute atomic E-state index is 0.384. The second-order valence-electron chi connectivity index (χ2n) is 4.52. The van der Waals surface area contributed by atoms with Gasteiger partial charge in [0, 0.05) is 35.3 Å². The fourth-order valence-electron chi connectivity index (χ4n) is 2.40. The van der Waals surface area contributed by atoms with Crippen LogP contribution in [-0.4, -0.2) is 16.8 Å². The predicted octanol–water partition coefficient (Wildman–Crippen LogP) is 2.73. The molecular formula is C14H15N3O2. The molecule has 5 nitrogen and oxygen atoms in total. The van der Waals surface area contributed by atoms with Gasteiger partial charge in [-0.2, -0.15) is 0 Å². The molecule has 19 heavy (non-hydrogen) atoms. The molecule has 0 saturated carbocycles. The third kappa shape index (κ3) is 1.66. The van der Waals surface area contributed by atoms with Crippen LogP contribution in [-0.2, 0) is 7.05 Å². The highest BCUT2D eigenvalue weighted by atomic mass is 16.5. The minimum atomic E-state index is 0.384. The molecule has 2 aromatic heterocycles. The van der Waals surface area contributed by atoms with Crippen LogP contribution in [0.5, 0.6) is 5.75 Å². The van der Waals surface area contributed by atoms with Crippen molar-refractivity contribution in [2.24, 2.45) is 7.05 Å². The van der Waals surface area contributed by atoms with Crippen molar-refractivity contribution in [2.75, 3.05) is 12.8 Å². The molecule has 3 aromatic rings. The lowest BCUT2D eigenvalue weighted by atomic mass is 10.1. The summed E-state index contributed by atoms with van der Waals surface area (Å²) < 4.78 is 12.7. The molecular weight excluding hydrogens is 242 g/mol. The highest BCUT2D eigenvalue weighted by Gasteiger charge is 2.17. The van der Waals surface area contributed by atoms with Crippen molar-refractivity contribution in [3.05, 3.63) is 30.0 Å². The number of anilines is 1. The number of aryl methyl sites for hydroxylation is 1. The van der Waals surface area contributed by atoms with Gasteiger partial charge in [0.1, 0.15) is 5.75 Å². The third-order valence-electron chi connectivity index (χ3n) is 3.47. The number of aromatic nitrogens is 2. The van der Waals surface area contributed by atoms with Crippen LogP contribution in [0.25, 0.3) is 22.2 Å². The number of hydrogen-bond acceptors (Lipinski definition) is 4. The summed E-state index contributed by atoms with van der Waals surface area (Å²) >= 11 is 0. The summed E-state index contributed by atoms with van der Waals surface area (Å²) in [6.45, 7) is 2.04. The zero-order valence-electron chi connectivity index (χ0n) is 11.1. The summed E-state index contributed by atoms with van der Waals surface area (Å²) in [6.07, 6.45) is 0. The Labute approximate surface area is 110 Å². The van der Waals surface area contributed by atoms with Crippen molar-refractivity contribution < 1.29 is 9.26 Å². The van der Waals surface area contributed by atoms with Crippen molar-refractivity contribution in [3.8, 4) is 17.1 Å². The number of benzene rings is 1. The SMILES string of the molecule is COc1ccc2c(c1)c(-c1cc(N)no1)c(C)n2C. The Morgan fingerprint density at radius 3 is 2.74 bits per heavy atom. The summed E-state index contributed by atoms with van der Waals surface area (Å²) in [5.41, 5.74) is 8.85. The number of nitrogen functional groups attached to an aromatic ring is 1. The molecule has 3 rings (SSSR count). The lowest BCUT2D eigenvalue weighted by molar-refractivity contribution is 0.415. The van der Waals surface area contributed by atoms with Crippen LogP contribution in [0.1, 0.15) is 5.69 Å². The Morgan fingerprint density at radius 1 is 1.32 bits per heavy atom. The maximum absolute atomic E-state index is 5.64. The average molecular weight is 257 g/mol. The van der Waals surface area contributed by atoms with E-state index in [1.165, 1.54) is 0 Å². The molecule has 0 radical (unpaired) electrons. The highest BCUT2D eigenvalue weighted by molar-refractivity contribution is 5.97. The molecule has 2 heterocycles. The summed E-state index contributed by atoms with van der Waals surface area (Å²) in [4.78, 5) is 0. The Hall–Kier alpha value is -2.43. The van der Waals surface area contributed by atoms with E-state index >= 15 is 0 Å². The molecule has 98 valence electrons. The van der Waals surface area contributed by atoms with Gasteiger partial charge in [-0.3, -0.25) is 0 Å². The summed E-state index contributed by atoms with van der Waals surface area (Å²) in [5.74, 6) is 1.87. The van der Waals surface area contributed by atoms with Gasteiger partial charge in [-0.15, -0.1) is 0 Å². The number of fused-ring (bicyclic) bond motifs is 1. The number of nitrogens with two attached hydrogens (primary N) is 1. The van der Waals surface area contributed by atoms with Gasteiger partial charge in [0.15, 0.2) is 11.6 Å². The van der Waals surface area contributed by atoms with Crippen molar-refractivity contribution >= 4 is 16.7 Å². The summed E-state index contributed by atoms with van der Waals surface area (Å²) in [6, 6.07) is 7.71. The monoisotopic (exact) mass is 257 g/mol. The molecule has 0 aliphatic carbocycles. The van der Waals surface area contributed by atoms with E-state index < -0.39 is 0 Å². The van der Waals surface area contributed by atoms with Gasteiger partial charge in [-0.25, -0.2) is 0 Å². The van der Waals surface area contributed by atoms with Gasteiger partial charge in [0.25, 0.3) is 0 Å². The first-order chi connectivity index (χ1) is 9.11. The topological polar surface area (TPSA) is 66.2 Å². The number of ether oxygens (including phenoxy) is 1. The molecule has 0 bridgehead atoms. The zero-order valence-corrected chi connectivity index (χ0v) is 11.1. The lowest BCUT2D eigenvalue weighted by Gasteiger charge is -2.00. The summed E-state index contributed by atoms with van der Waals surface area (Å²) in [5, 5.41) is 4.82. The average Bonchev–Trinajstić information content (AvgIpc) is 2.93. The molecule has 0 atom stereocenters. The van der Waals surface area contributed by atoms with E-state index in [9.17, 15) is 0 Å². The van der Waals surface area contributed by atoms with Crippen LogP contribution in [0, 0.1) is 6.92 Å². The molecule has 0 saturated heterocycles. The van der Waals surface area contributed by atoms with Crippen LogP contribution in [0.2, 0.25) is 0 Å². The number of methoxy groups -OCH3 is 1. The fraction of sp³-hybridized carbons (Fsp3) is 0.214. The van der Waals surface area contributed by atoms with E-state index in [1.807, 2.05) is 32.2 Å². The van der Waals surface area contributed by atoms with Crippen LogP contribution < -0.4 is 10.5 Å². The highest BCUT2D eigenvalue weighted by Crippen LogP contribution is 2.36. The molecule has 0 aliphatic heterocycles. The van der Waals surface area contributed by atoms with Crippen LogP contribution in [0.4, 0.5) is 5.82 Å². The molecule has 5 heteroatoms. The number of nitrogens with zero attached hydrogens (tertiary/aromatic N) is 2. The first-order valence-electron chi connectivity index (χ1n) is 5.97. The smallest absolute Gasteiger partial charge is 0.171 e. The maximum Gasteiger partial charge on any atom is 0.171 e. The Bertz CT molecular complexity index is 755. The van der Waals surface area contributed by atoms with Crippen molar-refractivity contribution in [3.63, 3.8) is 0 Å². The third-order valence-corrected chi connectivity index (χ3v) is 3.47. The van der Waals surface area contributed by atoms with Crippen LogP contribution >= 0.6 is 0 Å². The first-order valence-corrected chi connectivity index (χ1v) is 5.97. The molecule has 0 unspecified atom stereocenters. The molecule has 0 fully saturated rings. The van der Waals surface area contributed by atoms with E-state index in [0.717, 1.165) is 27.9 Å². The zero-order chi connectivity index (χ0) is 13.6. The van der Waals surface area contributed by atoms with E-state index in [2.05, 4.69) is 9.72 Å². The van der Waals surface area contributed by atoms with E-state index in [0.29, 0.717) is 11.6 Å². The lowest BCUT2D eigenvalue weighted by Crippen LogP contribution is -1.90. The maximum atomic E-state index is 5.64. The van der Waals surface area contributed by atoms with E-state index in [1.54, 1.807) is 13.2 Å². The normalized spacial score (nSPS) is 11.1. The van der Waals surface area contributed by atoms with Gasteiger partial charge < -0.3 is 19.6 Å². The molecule has 0 spiro atoms. The molecule has 0 aliphatic rings. The van der Waals surface area contributed by atoms with Gasteiger partial charge in [-0.1, -0.05) is 5.16 Å². The molecule has 2 N–H and O–H groups in total. The summed E-state index contributed by atoms with van der Waals surface area (Å²) in [7, 11) is 3.68. The molecule has 1 aromatic carbocycles. The largest absolute Gasteiger partial charge is 0.497 e. The predicted molar refractivity (Wildman–Crippen MR) is 74.1 cm³/mol. The van der Waals surface area contributed by atoms with Crippen molar-refractivity contribution in [1.82, 2.24) is 9.72 Å². The van der Waals surface area contributed by atoms with Gasteiger partial charge in [-0.05, 0) is 25.1 Å². The molecule has 0 amide bonds. The standard InChI is InChI=1S/C14H15N3O2/c1-8-14(12-7-13(15)16-19-12)10-6-9(18-3)4-5-11(10)17(8)2/h4-7H,1-3H3,(H2,15,16). The van der Waals surface area contributed by atoms with Crippen LogP contribution in [0.15, 0.2) is 28.8 Å². The van der Waals surface area contributed by atoms with Gasteiger partial charge in [0.2, 0.25) is 0 Å². The van der Waals surface area contributed by atoms with Crippen molar-refractivity contribution in [1.29, 1.82) is 0 Å². The number of hydrogen-bond donors (Lipinski definition) is 1. The Balaban J connectivity index is 2.36. The van der Waals surface area contributed by atoms with Gasteiger partial charge in [0.05, 0.1) is 7.11 Å². The Kier molecular flexibility index (Phi) is 2.48. The minimum Gasteiger partial charge on any atom is -0.497 e. The van der Waals surface area contributed by atoms with E-state index in [4.69, 9.17) is 15.0 Å². The second kappa shape index (κ2) is 4.05. The Morgan fingerprint density at radius 2 is 2.11 bits per heavy atom.